The first-order valence-corrected chi connectivity index (χ1v) is 9.05. The lowest BCUT2D eigenvalue weighted by molar-refractivity contribution is 0.0601. The Hall–Kier alpha value is -3.22. The summed E-state index contributed by atoms with van der Waals surface area (Å²) in [6.07, 6.45) is 2.45. The lowest BCUT2D eigenvalue weighted by Crippen LogP contribution is -2.07. The maximum Gasteiger partial charge on any atom is 0.339 e. The second-order valence-corrected chi connectivity index (χ2v) is 5.97. The van der Waals surface area contributed by atoms with E-state index in [0.29, 0.717) is 41.5 Å². The van der Waals surface area contributed by atoms with E-state index in [1.54, 1.807) is 44.4 Å². The number of hydrogen-bond acceptors (Lipinski definition) is 7. The van der Waals surface area contributed by atoms with Gasteiger partial charge in [-0.1, -0.05) is 0 Å². The number of rotatable bonds is 11. The van der Waals surface area contributed by atoms with E-state index in [1.165, 1.54) is 7.11 Å². The van der Waals surface area contributed by atoms with Crippen molar-refractivity contribution in [2.24, 2.45) is 0 Å². The summed E-state index contributed by atoms with van der Waals surface area (Å²) < 4.78 is 16.2. The van der Waals surface area contributed by atoms with Crippen LogP contribution in [0.3, 0.4) is 0 Å². The molecule has 2 aromatic carbocycles. The van der Waals surface area contributed by atoms with Crippen LogP contribution < -0.4 is 20.1 Å². The molecule has 0 atom stereocenters. The van der Waals surface area contributed by atoms with Gasteiger partial charge in [0.1, 0.15) is 11.5 Å². The fourth-order valence-corrected chi connectivity index (χ4v) is 2.64. The average molecular weight is 386 g/mol. The van der Waals surface area contributed by atoms with Gasteiger partial charge in [-0.25, -0.2) is 4.79 Å². The third kappa shape index (κ3) is 5.64. The molecule has 28 heavy (non-hydrogen) atoms. The normalized spacial score (nSPS) is 10.1. The summed E-state index contributed by atoms with van der Waals surface area (Å²) in [5.41, 5.74) is 2.47. The summed E-state index contributed by atoms with van der Waals surface area (Å²) in [6, 6.07) is 10.5. The number of anilines is 2. The fourth-order valence-electron chi connectivity index (χ4n) is 2.64. The Morgan fingerprint density at radius 1 is 0.929 bits per heavy atom. The summed E-state index contributed by atoms with van der Waals surface area (Å²) in [7, 11) is 4.86. The van der Waals surface area contributed by atoms with Crippen LogP contribution in [0.25, 0.3) is 0 Å². The summed E-state index contributed by atoms with van der Waals surface area (Å²) in [6.45, 7) is 1.09. The van der Waals surface area contributed by atoms with Gasteiger partial charge in [-0.3, -0.25) is 4.79 Å². The van der Waals surface area contributed by atoms with Gasteiger partial charge in [0, 0.05) is 37.5 Å². The molecule has 7 nitrogen and oxygen atoms in total. The van der Waals surface area contributed by atoms with Crippen LogP contribution >= 0.6 is 0 Å². The zero-order valence-electron chi connectivity index (χ0n) is 16.4. The van der Waals surface area contributed by atoms with Crippen molar-refractivity contribution in [2.45, 2.75) is 12.8 Å². The van der Waals surface area contributed by atoms with Crippen LogP contribution in [0.4, 0.5) is 11.4 Å². The van der Waals surface area contributed by atoms with Crippen LogP contribution in [0, 0.1) is 0 Å². The molecule has 2 rings (SSSR count). The zero-order chi connectivity index (χ0) is 20.4. The molecule has 0 radical (unpaired) electrons. The molecule has 2 N–H and O–H groups in total. The monoisotopic (exact) mass is 386 g/mol. The van der Waals surface area contributed by atoms with Crippen molar-refractivity contribution in [1.29, 1.82) is 0 Å². The van der Waals surface area contributed by atoms with E-state index in [-0.39, 0.29) is 0 Å². The minimum absolute atomic E-state index is 0.393. The molecule has 0 bridgehead atoms. The smallest absolute Gasteiger partial charge is 0.339 e. The molecule has 0 aromatic heterocycles. The Morgan fingerprint density at radius 3 is 2.04 bits per heavy atom. The highest BCUT2D eigenvalue weighted by Crippen LogP contribution is 2.24. The van der Waals surface area contributed by atoms with Crippen LogP contribution in [-0.4, -0.2) is 46.7 Å². The highest BCUT2D eigenvalue weighted by molar-refractivity contribution is 5.95. The zero-order valence-corrected chi connectivity index (χ0v) is 16.4. The van der Waals surface area contributed by atoms with Crippen molar-refractivity contribution in [2.75, 3.05) is 45.1 Å². The van der Waals surface area contributed by atoms with Crippen LogP contribution in [0.2, 0.25) is 0 Å². The first-order valence-electron chi connectivity index (χ1n) is 9.05. The van der Waals surface area contributed by atoms with Gasteiger partial charge < -0.3 is 24.8 Å². The van der Waals surface area contributed by atoms with E-state index < -0.39 is 5.97 Å². The molecule has 0 fully saturated rings. The van der Waals surface area contributed by atoms with Crippen molar-refractivity contribution in [3.05, 3.63) is 47.5 Å². The standard InChI is InChI=1S/C21H26N2O5/c1-22-19-12-16(7-6-15(19)14-24)27-10-4-5-11-28-17-8-9-18(21(25)26-3)20(13-17)23-2/h6-9,12-14,22-23H,4-5,10-11H2,1-3H3. The number of hydrogen-bond donors (Lipinski definition) is 2. The van der Waals surface area contributed by atoms with Crippen LogP contribution in [0.15, 0.2) is 36.4 Å². The molecule has 0 saturated carbocycles. The van der Waals surface area contributed by atoms with Gasteiger partial charge in [0.05, 0.1) is 31.6 Å². The SMILES string of the molecule is CNc1cc(OCCCCOc2ccc(C(=O)OC)c(NC)c2)ccc1C=O. The molecule has 0 spiro atoms. The Kier molecular flexibility index (Phi) is 8.14. The Labute approximate surface area is 165 Å². The molecule has 0 unspecified atom stereocenters. The molecule has 0 aliphatic heterocycles. The van der Waals surface area contributed by atoms with Crippen molar-refractivity contribution >= 4 is 23.6 Å². The number of unbranched alkanes of at least 4 members (excludes halogenated alkanes) is 1. The van der Waals surface area contributed by atoms with Crippen molar-refractivity contribution in [3.8, 4) is 11.5 Å². The summed E-state index contributed by atoms with van der Waals surface area (Å²) >= 11 is 0. The minimum atomic E-state index is -0.393. The summed E-state index contributed by atoms with van der Waals surface area (Å²) in [5, 5.41) is 5.94. The number of nitrogens with one attached hydrogen (secondary N) is 2. The van der Waals surface area contributed by atoms with Crippen LogP contribution in [0.1, 0.15) is 33.6 Å². The first kappa shape index (κ1) is 21.1. The van der Waals surface area contributed by atoms with E-state index in [9.17, 15) is 9.59 Å². The number of carbonyl (C=O) groups is 2. The van der Waals surface area contributed by atoms with Gasteiger partial charge in [0.2, 0.25) is 0 Å². The maximum absolute atomic E-state index is 11.7. The van der Waals surface area contributed by atoms with Crippen molar-refractivity contribution < 1.29 is 23.8 Å². The van der Waals surface area contributed by atoms with E-state index >= 15 is 0 Å². The predicted molar refractivity (Wildman–Crippen MR) is 109 cm³/mol. The van der Waals surface area contributed by atoms with E-state index in [2.05, 4.69) is 10.6 Å². The van der Waals surface area contributed by atoms with E-state index in [4.69, 9.17) is 14.2 Å². The molecular formula is C21H26N2O5. The number of carbonyl (C=O) groups excluding carboxylic acids is 2. The molecule has 0 aliphatic carbocycles. The van der Waals surface area contributed by atoms with Gasteiger partial charge in [0.15, 0.2) is 6.29 Å². The summed E-state index contributed by atoms with van der Waals surface area (Å²) in [5.74, 6) is 1.00. The highest BCUT2D eigenvalue weighted by Gasteiger charge is 2.11. The Bertz CT molecular complexity index is 807. The molecule has 2 aromatic rings. The molecule has 0 heterocycles. The molecule has 0 amide bonds. The fraction of sp³-hybridized carbons (Fsp3) is 0.333. The Balaban J connectivity index is 1.76. The second-order valence-electron chi connectivity index (χ2n) is 5.97. The second kappa shape index (κ2) is 10.8. The molecule has 7 heteroatoms. The molecular weight excluding hydrogens is 360 g/mol. The van der Waals surface area contributed by atoms with Crippen molar-refractivity contribution in [3.63, 3.8) is 0 Å². The van der Waals surface area contributed by atoms with Crippen molar-refractivity contribution in [1.82, 2.24) is 0 Å². The highest BCUT2D eigenvalue weighted by atomic mass is 16.5. The third-order valence-electron chi connectivity index (χ3n) is 4.16. The quantitative estimate of drug-likeness (QED) is 0.347. The van der Waals surface area contributed by atoms with Gasteiger partial charge in [-0.2, -0.15) is 0 Å². The lowest BCUT2D eigenvalue weighted by Gasteiger charge is -2.12. The van der Waals surface area contributed by atoms with Gasteiger partial charge in [-0.15, -0.1) is 0 Å². The number of esters is 1. The topological polar surface area (TPSA) is 85.9 Å². The number of ether oxygens (including phenoxy) is 3. The molecule has 0 aliphatic rings. The number of methoxy groups -OCH3 is 1. The van der Waals surface area contributed by atoms with E-state index in [1.807, 2.05) is 6.07 Å². The first-order chi connectivity index (χ1) is 13.6. The maximum atomic E-state index is 11.7. The van der Waals surface area contributed by atoms with Gasteiger partial charge in [-0.05, 0) is 37.1 Å². The number of benzene rings is 2. The Morgan fingerprint density at radius 2 is 1.50 bits per heavy atom. The predicted octanol–water partition coefficient (Wildman–Crippen LogP) is 3.61. The average Bonchev–Trinajstić information content (AvgIpc) is 2.75. The van der Waals surface area contributed by atoms with E-state index in [0.717, 1.165) is 24.8 Å². The van der Waals surface area contributed by atoms with Crippen LogP contribution in [-0.2, 0) is 4.74 Å². The molecule has 150 valence electrons. The largest absolute Gasteiger partial charge is 0.494 e. The number of aldehydes is 1. The lowest BCUT2D eigenvalue weighted by atomic mass is 10.1. The molecule has 0 saturated heterocycles. The van der Waals surface area contributed by atoms with Crippen LogP contribution in [0.5, 0.6) is 11.5 Å². The van der Waals surface area contributed by atoms with Gasteiger partial charge in [0.25, 0.3) is 0 Å². The van der Waals surface area contributed by atoms with Gasteiger partial charge >= 0.3 is 5.97 Å². The third-order valence-corrected chi connectivity index (χ3v) is 4.16. The summed E-state index contributed by atoms with van der Waals surface area (Å²) in [4.78, 5) is 22.6. The minimum Gasteiger partial charge on any atom is -0.494 e.